The first-order valence-corrected chi connectivity index (χ1v) is 10.9. The van der Waals surface area contributed by atoms with Gasteiger partial charge in [0, 0.05) is 6.04 Å². The molecule has 5 nitrogen and oxygen atoms in total. The summed E-state index contributed by atoms with van der Waals surface area (Å²) < 4.78 is 11.3. The van der Waals surface area contributed by atoms with E-state index in [0.717, 1.165) is 23.1 Å². The lowest BCUT2D eigenvalue weighted by Crippen LogP contribution is -2.55. The second-order valence-electron chi connectivity index (χ2n) is 9.53. The molecule has 4 aliphatic rings. The third-order valence-electron chi connectivity index (χ3n) is 7.59. The molecule has 6 rings (SSSR count). The Hall–Kier alpha value is -2.30. The van der Waals surface area contributed by atoms with Crippen LogP contribution in [0.5, 0.6) is 5.75 Å². The van der Waals surface area contributed by atoms with E-state index in [-0.39, 0.29) is 12.5 Å². The molecule has 1 N–H and O–H groups in total. The van der Waals surface area contributed by atoms with Crippen molar-refractivity contribution in [1.29, 1.82) is 0 Å². The first-order chi connectivity index (χ1) is 14.0. The maximum Gasteiger partial charge on any atom is 0.274 e. The average Bonchev–Trinajstić information content (AvgIpc) is 3.05. The van der Waals surface area contributed by atoms with Crippen molar-refractivity contribution < 1.29 is 14.1 Å². The summed E-state index contributed by atoms with van der Waals surface area (Å²) in [4.78, 5) is 13.1. The Kier molecular flexibility index (Phi) is 4.64. The highest BCUT2D eigenvalue weighted by molar-refractivity contribution is 5.94. The zero-order valence-electron chi connectivity index (χ0n) is 17.5. The molecule has 1 heterocycles. The summed E-state index contributed by atoms with van der Waals surface area (Å²) >= 11 is 0. The van der Waals surface area contributed by atoms with Gasteiger partial charge in [-0.1, -0.05) is 11.2 Å². The quantitative estimate of drug-likeness (QED) is 0.796. The number of nitrogens with zero attached hydrogens (tertiary/aromatic N) is 1. The van der Waals surface area contributed by atoms with Crippen LogP contribution in [0.2, 0.25) is 0 Å². The van der Waals surface area contributed by atoms with Crippen molar-refractivity contribution in [2.75, 3.05) is 0 Å². The van der Waals surface area contributed by atoms with E-state index in [1.165, 1.54) is 43.2 Å². The van der Waals surface area contributed by atoms with E-state index in [1.54, 1.807) is 0 Å². The van der Waals surface area contributed by atoms with E-state index >= 15 is 0 Å². The van der Waals surface area contributed by atoms with Crippen LogP contribution in [-0.4, -0.2) is 17.1 Å². The molecule has 1 aromatic heterocycles. The molecule has 1 amide bonds. The molecule has 4 bridgehead atoms. The number of carbonyl (C=O) groups excluding carboxylic acids is 1. The van der Waals surface area contributed by atoms with Crippen LogP contribution in [-0.2, 0) is 6.61 Å². The molecule has 29 heavy (non-hydrogen) atoms. The highest BCUT2D eigenvalue weighted by Gasteiger charge is 2.48. The van der Waals surface area contributed by atoms with Gasteiger partial charge in [0.25, 0.3) is 5.91 Å². The van der Waals surface area contributed by atoms with Gasteiger partial charge in [-0.15, -0.1) is 0 Å². The van der Waals surface area contributed by atoms with Crippen LogP contribution in [0, 0.1) is 44.4 Å². The summed E-state index contributed by atoms with van der Waals surface area (Å²) in [6.07, 6.45) is 6.52. The summed E-state index contributed by atoms with van der Waals surface area (Å²) in [5.74, 6) is 4.38. The SMILES string of the molecule is Cc1ccc(OCc2c(C(=O)NC3C4CC5CC(C4)CC3C5)noc2C)cc1C. The molecular formula is C24H30N2O3. The number of amides is 1. The van der Waals surface area contributed by atoms with E-state index in [4.69, 9.17) is 9.26 Å². The minimum atomic E-state index is -0.113. The third-order valence-corrected chi connectivity index (χ3v) is 7.59. The van der Waals surface area contributed by atoms with Gasteiger partial charge < -0.3 is 14.6 Å². The largest absolute Gasteiger partial charge is 0.489 e. The lowest BCUT2D eigenvalue weighted by atomic mass is 9.54. The lowest BCUT2D eigenvalue weighted by Gasteiger charge is -2.54. The van der Waals surface area contributed by atoms with Crippen LogP contribution in [0.25, 0.3) is 0 Å². The van der Waals surface area contributed by atoms with Gasteiger partial charge in [-0.3, -0.25) is 4.79 Å². The van der Waals surface area contributed by atoms with Crippen molar-refractivity contribution >= 4 is 5.91 Å². The molecular weight excluding hydrogens is 364 g/mol. The fourth-order valence-corrected chi connectivity index (χ4v) is 6.08. The Morgan fingerprint density at radius 1 is 1.07 bits per heavy atom. The molecule has 0 saturated heterocycles. The van der Waals surface area contributed by atoms with E-state index in [2.05, 4.69) is 24.3 Å². The summed E-state index contributed by atoms with van der Waals surface area (Å²) in [7, 11) is 0. The Balaban J connectivity index is 1.29. The predicted molar refractivity (Wildman–Crippen MR) is 110 cm³/mol. The summed E-state index contributed by atoms with van der Waals surface area (Å²) in [6.45, 7) is 6.26. The molecule has 0 radical (unpaired) electrons. The number of carbonyl (C=O) groups is 1. The number of benzene rings is 1. The van der Waals surface area contributed by atoms with Crippen molar-refractivity contribution in [2.24, 2.45) is 23.7 Å². The van der Waals surface area contributed by atoms with E-state index < -0.39 is 0 Å². The van der Waals surface area contributed by atoms with Crippen LogP contribution in [0.4, 0.5) is 0 Å². The lowest BCUT2D eigenvalue weighted by molar-refractivity contribution is -0.0120. The zero-order chi connectivity index (χ0) is 20.1. The van der Waals surface area contributed by atoms with E-state index in [1.807, 2.05) is 25.1 Å². The van der Waals surface area contributed by atoms with Gasteiger partial charge in [0.1, 0.15) is 18.1 Å². The van der Waals surface area contributed by atoms with Crippen LogP contribution >= 0.6 is 0 Å². The molecule has 4 aliphatic carbocycles. The topological polar surface area (TPSA) is 64.4 Å². The number of aryl methyl sites for hydroxylation is 3. The average molecular weight is 395 g/mol. The standard InChI is InChI=1S/C24H30N2O3/c1-13-4-5-20(6-14(13)2)28-12-21-15(3)29-26-23(21)24(27)25-22-18-8-16-7-17(10-18)11-19(22)9-16/h4-6,16-19,22H,7-12H2,1-3H3,(H,25,27). The van der Waals surface area contributed by atoms with Crippen LogP contribution < -0.4 is 10.1 Å². The van der Waals surface area contributed by atoms with Gasteiger partial charge in [-0.25, -0.2) is 0 Å². The van der Waals surface area contributed by atoms with Gasteiger partial charge in [-0.05, 0) is 99.8 Å². The minimum Gasteiger partial charge on any atom is -0.489 e. The minimum absolute atomic E-state index is 0.113. The first kappa shape index (κ1) is 18.7. The zero-order valence-corrected chi connectivity index (χ0v) is 17.5. The molecule has 4 saturated carbocycles. The Morgan fingerprint density at radius 2 is 1.76 bits per heavy atom. The molecule has 4 fully saturated rings. The number of nitrogens with one attached hydrogen (secondary N) is 1. The third kappa shape index (κ3) is 3.45. The maximum absolute atomic E-state index is 13.1. The van der Waals surface area contributed by atoms with Crippen molar-refractivity contribution in [1.82, 2.24) is 10.5 Å². The smallest absolute Gasteiger partial charge is 0.274 e. The van der Waals surface area contributed by atoms with Crippen molar-refractivity contribution in [3.63, 3.8) is 0 Å². The maximum atomic E-state index is 13.1. The molecule has 5 heteroatoms. The van der Waals surface area contributed by atoms with E-state index in [9.17, 15) is 4.79 Å². The number of hydrogen-bond acceptors (Lipinski definition) is 4. The number of aromatic nitrogens is 1. The van der Waals surface area contributed by atoms with Crippen molar-refractivity contribution in [3.05, 3.63) is 46.3 Å². The van der Waals surface area contributed by atoms with Crippen LogP contribution in [0.15, 0.2) is 22.7 Å². The van der Waals surface area contributed by atoms with Crippen LogP contribution in [0.3, 0.4) is 0 Å². The Morgan fingerprint density at radius 3 is 2.41 bits per heavy atom. The second kappa shape index (κ2) is 7.19. The van der Waals surface area contributed by atoms with Crippen molar-refractivity contribution in [3.8, 4) is 5.75 Å². The normalized spacial score (nSPS) is 29.8. The summed E-state index contributed by atoms with van der Waals surface area (Å²) in [5.41, 5.74) is 3.53. The second-order valence-corrected chi connectivity index (χ2v) is 9.53. The summed E-state index contributed by atoms with van der Waals surface area (Å²) in [5, 5.41) is 7.41. The molecule has 2 aromatic rings. The van der Waals surface area contributed by atoms with Crippen molar-refractivity contribution in [2.45, 2.75) is 65.5 Å². The van der Waals surface area contributed by atoms with Gasteiger partial charge >= 0.3 is 0 Å². The molecule has 0 atom stereocenters. The van der Waals surface area contributed by atoms with Gasteiger partial charge in [0.15, 0.2) is 5.69 Å². The number of hydrogen-bond donors (Lipinski definition) is 1. The molecule has 1 aromatic carbocycles. The van der Waals surface area contributed by atoms with E-state index in [0.29, 0.717) is 29.3 Å². The van der Waals surface area contributed by atoms with Gasteiger partial charge in [0.2, 0.25) is 0 Å². The first-order valence-electron chi connectivity index (χ1n) is 10.9. The van der Waals surface area contributed by atoms with Gasteiger partial charge in [-0.2, -0.15) is 0 Å². The predicted octanol–water partition coefficient (Wildman–Crippen LogP) is 4.73. The molecule has 0 spiro atoms. The fourth-order valence-electron chi connectivity index (χ4n) is 6.08. The highest BCUT2D eigenvalue weighted by atomic mass is 16.5. The Bertz CT molecular complexity index is 904. The highest BCUT2D eigenvalue weighted by Crippen LogP contribution is 2.53. The molecule has 0 aliphatic heterocycles. The fraction of sp³-hybridized carbons (Fsp3) is 0.583. The Labute approximate surface area is 172 Å². The summed E-state index contributed by atoms with van der Waals surface area (Å²) in [6, 6.07) is 6.32. The number of rotatable bonds is 5. The van der Waals surface area contributed by atoms with Gasteiger partial charge in [0.05, 0.1) is 5.56 Å². The van der Waals surface area contributed by atoms with Crippen LogP contribution in [0.1, 0.15) is 65.0 Å². The molecule has 0 unspecified atom stereocenters. The molecule has 154 valence electrons. The monoisotopic (exact) mass is 394 g/mol. The number of ether oxygens (including phenoxy) is 1.